The lowest BCUT2D eigenvalue weighted by atomic mass is 9.80. The number of carbonyl (C=O) groups excluding carboxylic acids is 1. The second-order valence-corrected chi connectivity index (χ2v) is 15.0. The fourth-order valence-electron chi connectivity index (χ4n) is 7.72. The predicted molar refractivity (Wildman–Crippen MR) is 207 cm³/mol. The van der Waals surface area contributed by atoms with E-state index < -0.39 is 5.97 Å². The number of allylic oxidation sites excluding steroid dienone is 5. The number of aromatic carboxylic acids is 1. The van der Waals surface area contributed by atoms with E-state index in [-0.39, 0.29) is 35.7 Å². The Morgan fingerprint density at radius 3 is 2.48 bits per heavy atom. The Kier molecular flexibility index (Phi) is 11.1. The summed E-state index contributed by atoms with van der Waals surface area (Å²) in [6.07, 6.45) is 9.50. The van der Waals surface area contributed by atoms with Gasteiger partial charge in [-0.25, -0.2) is 4.79 Å². The lowest BCUT2D eigenvalue weighted by Crippen LogP contribution is -2.29. The summed E-state index contributed by atoms with van der Waals surface area (Å²) in [5, 5.41) is 10.5. The Balaban J connectivity index is 1.19. The van der Waals surface area contributed by atoms with E-state index in [1.165, 1.54) is 5.56 Å². The summed E-state index contributed by atoms with van der Waals surface area (Å²) in [6.45, 7) is 13.0. The summed E-state index contributed by atoms with van der Waals surface area (Å²) in [7, 11) is 0. The molecule has 270 valence electrons. The van der Waals surface area contributed by atoms with E-state index in [1.807, 2.05) is 30.3 Å². The van der Waals surface area contributed by atoms with Gasteiger partial charge in [0.25, 0.3) is 0 Å². The molecule has 1 aliphatic carbocycles. The van der Waals surface area contributed by atoms with E-state index in [2.05, 4.69) is 92.3 Å². The molecule has 0 fully saturated rings. The molecule has 0 radical (unpaired) electrons. The van der Waals surface area contributed by atoms with Crippen molar-refractivity contribution in [1.29, 1.82) is 0 Å². The van der Waals surface area contributed by atoms with Crippen LogP contribution in [0.4, 0.5) is 11.4 Å². The molecule has 3 aromatic rings. The Morgan fingerprint density at radius 1 is 0.981 bits per heavy atom. The van der Waals surface area contributed by atoms with Crippen LogP contribution in [0.25, 0.3) is 0 Å². The Bertz CT molecular complexity index is 2020. The summed E-state index contributed by atoms with van der Waals surface area (Å²) in [5.74, 6) is -0.667. The van der Waals surface area contributed by atoms with Crippen LogP contribution in [0.2, 0.25) is 0 Å². The Labute approximate surface area is 312 Å². The Morgan fingerprint density at radius 2 is 1.73 bits per heavy atom. The minimum atomic E-state index is -0.918. The molecule has 0 spiro atoms. The summed E-state index contributed by atoms with van der Waals surface area (Å²) in [5.41, 5.74) is 11.1. The van der Waals surface area contributed by atoms with Crippen molar-refractivity contribution in [1.82, 2.24) is 0 Å². The number of hydrogen-bond acceptors (Lipinski definition) is 5. The summed E-state index contributed by atoms with van der Waals surface area (Å²) < 4.78 is 13.6. The molecule has 1 atom stereocenters. The first-order chi connectivity index (χ1) is 24.9. The number of para-hydroxylation sites is 2. The molecule has 0 saturated carbocycles. The molecular weight excluding hydrogens is 672 g/mol. The van der Waals surface area contributed by atoms with Crippen LogP contribution in [0.3, 0.4) is 0 Å². The Hall–Kier alpha value is -4.68. The highest BCUT2D eigenvalue weighted by molar-refractivity contribution is 6.30. The van der Waals surface area contributed by atoms with Gasteiger partial charge in [0, 0.05) is 46.3 Å². The first kappa shape index (κ1) is 37.1. The topological polar surface area (TPSA) is 79.1 Å². The predicted octanol–water partition coefficient (Wildman–Crippen LogP) is 9.48. The van der Waals surface area contributed by atoms with E-state index in [1.54, 1.807) is 18.2 Å². The third kappa shape index (κ3) is 7.45. The molecule has 7 nitrogen and oxygen atoms in total. The number of ether oxygens (including phenoxy) is 2. The molecule has 1 unspecified atom stereocenters. The number of carboxylic acid groups (broad SMARTS) is 1. The molecule has 8 heteroatoms. The molecule has 3 aliphatic rings. The van der Waals surface area contributed by atoms with Gasteiger partial charge in [-0.1, -0.05) is 54.1 Å². The third-order valence-electron chi connectivity index (χ3n) is 10.5. The van der Waals surface area contributed by atoms with Gasteiger partial charge in [-0.15, -0.1) is 5.73 Å². The number of carbonyl (C=O) groups is 2. The highest BCUT2D eigenvalue weighted by Crippen LogP contribution is 2.47. The number of benzene rings is 3. The van der Waals surface area contributed by atoms with Gasteiger partial charge < -0.3 is 19.5 Å². The normalized spacial score (nSPS) is 18.8. The van der Waals surface area contributed by atoms with E-state index in [4.69, 9.17) is 21.1 Å². The van der Waals surface area contributed by atoms with Gasteiger partial charge in [0.1, 0.15) is 12.3 Å². The molecular formula is C44H48ClN2O5+. The summed E-state index contributed by atoms with van der Waals surface area (Å²) >= 11 is 7.19. The molecule has 0 amide bonds. The lowest BCUT2D eigenvalue weighted by molar-refractivity contribution is -0.433. The van der Waals surface area contributed by atoms with E-state index >= 15 is 0 Å². The maximum atomic E-state index is 12.3. The van der Waals surface area contributed by atoms with Crippen molar-refractivity contribution in [2.45, 2.75) is 71.1 Å². The first-order valence-electron chi connectivity index (χ1n) is 18.2. The van der Waals surface area contributed by atoms with Crippen LogP contribution in [0.15, 0.2) is 113 Å². The van der Waals surface area contributed by atoms with E-state index in [9.17, 15) is 14.7 Å². The average molecular weight is 720 g/mol. The molecule has 2 heterocycles. The van der Waals surface area contributed by atoms with Crippen molar-refractivity contribution in [3.05, 3.63) is 130 Å². The summed E-state index contributed by atoms with van der Waals surface area (Å²) in [4.78, 5) is 26.3. The molecule has 2 aliphatic heterocycles. The second kappa shape index (κ2) is 15.5. The smallest absolute Gasteiger partial charge is 0.335 e. The fourth-order valence-corrected chi connectivity index (χ4v) is 8.05. The van der Waals surface area contributed by atoms with Crippen molar-refractivity contribution in [3.63, 3.8) is 0 Å². The number of hydrogen-bond donors (Lipinski definition) is 1. The van der Waals surface area contributed by atoms with Crippen molar-refractivity contribution >= 4 is 40.6 Å². The summed E-state index contributed by atoms with van der Waals surface area (Å²) in [6, 6.07) is 22.9. The highest BCUT2D eigenvalue weighted by atomic mass is 35.5. The molecule has 52 heavy (non-hydrogen) atoms. The van der Waals surface area contributed by atoms with Gasteiger partial charge in [-0.3, -0.25) is 4.79 Å². The standard InChI is InChI=1S/C44H47ClN2O5/c1-6-46-37-22-19-32(42(49)50)29-35(37)44(4,5)38(46)23-20-30-13-12-14-31(41(30)45)21-24-39-43(2,3)34-17-10-11-18-36(34)47(39)26-28-51-27-25-40(48)52-33-15-8-7-9-16-33/h7-11,15-23,29,31H,6,12-14,25-28H2,1-5H3/p+1/b23-20+. The number of esters is 1. The van der Waals surface area contributed by atoms with Crippen LogP contribution in [0.5, 0.6) is 5.75 Å². The van der Waals surface area contributed by atoms with Gasteiger partial charge in [0.15, 0.2) is 5.71 Å². The van der Waals surface area contributed by atoms with Gasteiger partial charge >= 0.3 is 11.9 Å². The SMILES string of the molecule is CC[N+]1=C(/C=C/C2=C(Cl)C(C=C=C3N(CCOCCC(=O)Oc4ccccc4)c4ccccc4C3(C)C)CCC2)C(C)(C)c2cc(C(=O)O)ccc21. The van der Waals surface area contributed by atoms with Gasteiger partial charge in [0.05, 0.1) is 36.3 Å². The number of halogens is 1. The highest BCUT2D eigenvalue weighted by Gasteiger charge is 2.44. The lowest BCUT2D eigenvalue weighted by Gasteiger charge is -2.26. The van der Waals surface area contributed by atoms with Crippen molar-refractivity contribution in [2.24, 2.45) is 5.92 Å². The van der Waals surface area contributed by atoms with Crippen molar-refractivity contribution in [3.8, 4) is 5.75 Å². The van der Waals surface area contributed by atoms with Crippen LogP contribution in [0.1, 0.15) is 81.8 Å². The van der Waals surface area contributed by atoms with Crippen LogP contribution in [-0.2, 0) is 20.4 Å². The molecule has 0 saturated heterocycles. The van der Waals surface area contributed by atoms with E-state index in [0.717, 1.165) is 64.8 Å². The monoisotopic (exact) mass is 719 g/mol. The van der Waals surface area contributed by atoms with Gasteiger partial charge in [-0.2, -0.15) is 4.58 Å². The molecule has 1 N–H and O–H groups in total. The minimum absolute atomic E-state index is 0.0370. The third-order valence-corrected chi connectivity index (χ3v) is 11.0. The van der Waals surface area contributed by atoms with E-state index in [0.29, 0.717) is 24.5 Å². The molecule has 0 bridgehead atoms. The van der Waals surface area contributed by atoms with Gasteiger partial charge in [0.2, 0.25) is 5.69 Å². The second-order valence-electron chi connectivity index (χ2n) is 14.6. The number of rotatable bonds is 12. The van der Waals surface area contributed by atoms with Crippen LogP contribution < -0.4 is 9.64 Å². The quantitative estimate of drug-likeness (QED) is 0.0661. The van der Waals surface area contributed by atoms with Crippen LogP contribution >= 0.6 is 11.6 Å². The minimum Gasteiger partial charge on any atom is -0.478 e. The number of anilines is 1. The fraction of sp³-hybridized carbons (Fsp3) is 0.364. The van der Waals surface area contributed by atoms with Crippen LogP contribution in [-0.4, -0.2) is 53.6 Å². The maximum absolute atomic E-state index is 12.3. The van der Waals surface area contributed by atoms with Crippen LogP contribution in [0, 0.1) is 5.92 Å². The van der Waals surface area contributed by atoms with Gasteiger partial charge in [-0.05, 0) is 101 Å². The maximum Gasteiger partial charge on any atom is 0.335 e. The zero-order valence-corrected chi connectivity index (χ0v) is 31.5. The number of carboxylic acids is 1. The first-order valence-corrected chi connectivity index (χ1v) is 18.6. The zero-order valence-electron chi connectivity index (χ0n) is 30.7. The zero-order chi connectivity index (χ0) is 37.0. The van der Waals surface area contributed by atoms with Crippen molar-refractivity contribution in [2.75, 3.05) is 31.2 Å². The molecule has 6 rings (SSSR count). The molecule has 0 aromatic heterocycles. The number of nitrogens with zero attached hydrogens (tertiary/aromatic N) is 2. The largest absolute Gasteiger partial charge is 0.478 e. The van der Waals surface area contributed by atoms with Crippen molar-refractivity contribution < 1.29 is 28.7 Å². The number of fused-ring (bicyclic) bond motifs is 2. The molecule has 3 aromatic carbocycles. The average Bonchev–Trinajstić information content (AvgIpc) is 3.48.